The fraction of sp³-hybridized carbons (Fsp3) is 0.130. The molecule has 3 aromatic rings. The molecule has 0 atom stereocenters. The van der Waals surface area contributed by atoms with Crippen LogP contribution in [0.15, 0.2) is 83.5 Å². The lowest BCUT2D eigenvalue weighted by molar-refractivity contribution is -0.122. The molecule has 3 rings (SSSR count). The molecule has 172 valence electrons. The molecule has 0 heterocycles. The van der Waals surface area contributed by atoms with Crippen LogP contribution in [0, 0.1) is 0 Å². The Hall–Kier alpha value is -3.50. The number of hydrogen-bond acceptors (Lipinski definition) is 5. The van der Waals surface area contributed by atoms with Gasteiger partial charge in [0, 0.05) is 25.7 Å². The quantitative estimate of drug-likeness (QED) is 0.225. The molecule has 0 N–H and O–H groups in total. The highest BCUT2D eigenvalue weighted by atomic mass is 32.2. The van der Waals surface area contributed by atoms with E-state index in [1.54, 1.807) is 30.3 Å². The Kier molecular flexibility index (Phi) is 6.71. The monoisotopic (exact) mass is 477 g/mol. The number of nitrogens with zero attached hydrogens (tertiary/aromatic N) is 1. The predicted molar refractivity (Wildman–Crippen MR) is 115 cm³/mol. The van der Waals surface area contributed by atoms with E-state index in [0.717, 1.165) is 34.0 Å². The minimum Gasteiger partial charge on any atom is -0.418 e. The molecule has 0 radical (unpaired) electrons. The molecule has 0 saturated heterocycles. The molecule has 33 heavy (non-hydrogen) atoms. The fourth-order valence-electron chi connectivity index (χ4n) is 2.85. The van der Waals surface area contributed by atoms with E-state index >= 15 is 0 Å². The van der Waals surface area contributed by atoms with Crippen LogP contribution in [0.5, 0.6) is 0 Å². The van der Waals surface area contributed by atoms with Gasteiger partial charge in [0.1, 0.15) is 0 Å². The standard InChI is InChI=1S/C23H18F3NO5S/c1-27(2)33(30,31)19-11-9-16(10-12-19)22(29)32-21(23(24,25)26)14-20(28)18-8-7-15-5-3-4-6-17(15)13-18/h3-14H,1-2H3/b21-14+. The van der Waals surface area contributed by atoms with Crippen molar-refractivity contribution in [1.82, 2.24) is 4.31 Å². The Bertz CT molecular complexity index is 1340. The van der Waals surface area contributed by atoms with E-state index in [1.807, 2.05) is 0 Å². The summed E-state index contributed by atoms with van der Waals surface area (Å²) in [7, 11) is -1.16. The zero-order chi connectivity index (χ0) is 24.4. The average molecular weight is 477 g/mol. The first-order valence-electron chi connectivity index (χ1n) is 9.46. The van der Waals surface area contributed by atoms with Crippen LogP contribution >= 0.6 is 0 Å². The van der Waals surface area contributed by atoms with Crippen LogP contribution in [-0.4, -0.2) is 44.7 Å². The van der Waals surface area contributed by atoms with Crippen LogP contribution in [0.25, 0.3) is 10.8 Å². The molecule has 0 aliphatic rings. The number of halogens is 3. The molecule has 0 fully saturated rings. The van der Waals surface area contributed by atoms with Gasteiger partial charge in [-0.1, -0.05) is 36.4 Å². The summed E-state index contributed by atoms with van der Waals surface area (Å²) in [6, 6.07) is 15.6. The number of allylic oxidation sites excluding steroid dienone is 2. The van der Waals surface area contributed by atoms with Crippen molar-refractivity contribution >= 4 is 32.5 Å². The average Bonchev–Trinajstić information content (AvgIpc) is 2.77. The second-order valence-electron chi connectivity index (χ2n) is 7.13. The van der Waals surface area contributed by atoms with E-state index in [-0.39, 0.29) is 22.1 Å². The molecule has 0 aliphatic carbocycles. The first-order chi connectivity index (χ1) is 15.4. The smallest absolute Gasteiger partial charge is 0.418 e. The number of benzene rings is 3. The molecule has 0 aromatic heterocycles. The van der Waals surface area contributed by atoms with Crippen LogP contribution in [0.3, 0.4) is 0 Å². The molecule has 0 saturated carbocycles. The van der Waals surface area contributed by atoms with Gasteiger partial charge in [0.2, 0.25) is 15.8 Å². The third kappa shape index (κ3) is 5.47. The van der Waals surface area contributed by atoms with E-state index in [1.165, 1.54) is 26.2 Å². The third-order valence-corrected chi connectivity index (χ3v) is 6.48. The number of sulfonamides is 1. The van der Waals surface area contributed by atoms with Crippen molar-refractivity contribution in [3.63, 3.8) is 0 Å². The number of carbonyl (C=O) groups excluding carboxylic acids is 2. The van der Waals surface area contributed by atoms with Gasteiger partial charge in [-0.3, -0.25) is 4.79 Å². The van der Waals surface area contributed by atoms with E-state index in [0.29, 0.717) is 5.39 Å². The lowest BCUT2D eigenvalue weighted by Gasteiger charge is -2.13. The maximum Gasteiger partial charge on any atom is 0.449 e. The summed E-state index contributed by atoms with van der Waals surface area (Å²) in [5, 5.41) is 1.47. The number of carbonyl (C=O) groups is 2. The largest absolute Gasteiger partial charge is 0.449 e. The molecule has 0 bridgehead atoms. The Morgan fingerprint density at radius 3 is 2.03 bits per heavy atom. The Balaban J connectivity index is 1.86. The second-order valence-corrected chi connectivity index (χ2v) is 9.29. The van der Waals surface area contributed by atoms with E-state index in [2.05, 4.69) is 4.74 Å². The number of fused-ring (bicyclic) bond motifs is 1. The van der Waals surface area contributed by atoms with Crippen LogP contribution in [-0.2, 0) is 14.8 Å². The third-order valence-electron chi connectivity index (χ3n) is 4.65. The predicted octanol–water partition coefficient (Wildman–Crippen LogP) is 4.58. The summed E-state index contributed by atoms with van der Waals surface area (Å²) in [4.78, 5) is 24.5. The fourth-order valence-corrected chi connectivity index (χ4v) is 3.75. The van der Waals surface area contributed by atoms with Gasteiger partial charge in [0.05, 0.1) is 10.5 Å². The molecule has 3 aromatic carbocycles. The van der Waals surface area contributed by atoms with Gasteiger partial charge in [0.15, 0.2) is 5.78 Å². The number of esters is 1. The number of ketones is 1. The molecular formula is C23H18F3NO5S. The van der Waals surface area contributed by atoms with Crippen molar-refractivity contribution in [2.24, 2.45) is 0 Å². The van der Waals surface area contributed by atoms with Crippen molar-refractivity contribution in [2.75, 3.05) is 14.1 Å². The number of alkyl halides is 3. The zero-order valence-corrected chi connectivity index (χ0v) is 18.3. The molecule has 0 aliphatic heterocycles. The lowest BCUT2D eigenvalue weighted by Crippen LogP contribution is -2.22. The minimum absolute atomic E-state index is 0.00950. The summed E-state index contributed by atoms with van der Waals surface area (Å²) < 4.78 is 69.9. The van der Waals surface area contributed by atoms with Gasteiger partial charge in [0.25, 0.3) is 0 Å². The minimum atomic E-state index is -5.11. The van der Waals surface area contributed by atoms with Gasteiger partial charge < -0.3 is 4.74 Å². The van der Waals surface area contributed by atoms with Crippen molar-refractivity contribution in [2.45, 2.75) is 11.1 Å². The van der Waals surface area contributed by atoms with E-state index in [9.17, 15) is 31.2 Å². The summed E-state index contributed by atoms with van der Waals surface area (Å²) in [5.41, 5.74) is -0.328. The highest BCUT2D eigenvalue weighted by Crippen LogP contribution is 2.28. The summed E-state index contributed by atoms with van der Waals surface area (Å²) in [6.07, 6.45) is -4.90. The Morgan fingerprint density at radius 2 is 1.45 bits per heavy atom. The highest BCUT2D eigenvalue weighted by molar-refractivity contribution is 7.89. The summed E-state index contributed by atoms with van der Waals surface area (Å²) in [5.74, 6) is -4.16. The number of rotatable bonds is 6. The first-order valence-corrected chi connectivity index (χ1v) is 10.9. The van der Waals surface area contributed by atoms with Crippen LogP contribution in [0.4, 0.5) is 13.2 Å². The van der Waals surface area contributed by atoms with Crippen molar-refractivity contribution in [3.05, 3.63) is 89.7 Å². The van der Waals surface area contributed by atoms with E-state index < -0.39 is 33.7 Å². The molecule has 6 nitrogen and oxygen atoms in total. The molecule has 0 unspecified atom stereocenters. The van der Waals surface area contributed by atoms with Gasteiger partial charge in [-0.05, 0) is 41.1 Å². The molecule has 0 spiro atoms. The highest BCUT2D eigenvalue weighted by Gasteiger charge is 2.38. The SMILES string of the molecule is CN(C)S(=O)(=O)c1ccc(C(=O)O/C(=C/C(=O)c2ccc3ccccc3c2)C(F)(F)F)cc1. The van der Waals surface area contributed by atoms with Gasteiger partial charge >= 0.3 is 12.1 Å². The first kappa shape index (κ1) is 24.1. The normalized spacial score (nSPS) is 12.7. The van der Waals surface area contributed by atoms with Crippen molar-refractivity contribution in [3.8, 4) is 0 Å². The maximum atomic E-state index is 13.5. The molecule has 0 amide bonds. The Morgan fingerprint density at radius 1 is 0.879 bits per heavy atom. The summed E-state index contributed by atoms with van der Waals surface area (Å²) >= 11 is 0. The van der Waals surface area contributed by atoms with E-state index in [4.69, 9.17) is 0 Å². The molecular weight excluding hydrogens is 459 g/mol. The van der Waals surface area contributed by atoms with Gasteiger partial charge in [-0.2, -0.15) is 13.2 Å². The van der Waals surface area contributed by atoms with Crippen LogP contribution in [0.2, 0.25) is 0 Å². The maximum absolute atomic E-state index is 13.5. The summed E-state index contributed by atoms with van der Waals surface area (Å²) in [6.45, 7) is 0. The Labute approximate surface area is 187 Å². The second kappa shape index (κ2) is 9.16. The van der Waals surface area contributed by atoms with Crippen LogP contribution < -0.4 is 0 Å². The van der Waals surface area contributed by atoms with Crippen LogP contribution in [0.1, 0.15) is 20.7 Å². The number of ether oxygens (including phenoxy) is 1. The van der Waals surface area contributed by atoms with Crippen molar-refractivity contribution < 1.29 is 35.9 Å². The van der Waals surface area contributed by atoms with Gasteiger partial charge in [-0.15, -0.1) is 0 Å². The molecule has 10 heteroatoms. The number of hydrogen-bond donors (Lipinski definition) is 0. The zero-order valence-electron chi connectivity index (χ0n) is 17.5. The topological polar surface area (TPSA) is 80.8 Å². The lowest BCUT2D eigenvalue weighted by atomic mass is 10.0. The van der Waals surface area contributed by atoms with Crippen molar-refractivity contribution in [1.29, 1.82) is 0 Å². The van der Waals surface area contributed by atoms with Gasteiger partial charge in [-0.25, -0.2) is 17.5 Å².